The number of nitrogens with zero attached hydrogens (tertiary/aromatic N) is 1. The molecule has 1 aromatic rings. The Hall–Kier alpha value is -1.82. The molecule has 1 aromatic carbocycles. The first kappa shape index (κ1) is 15.6. The van der Waals surface area contributed by atoms with Crippen LogP contribution in [0.1, 0.15) is 26.3 Å². The summed E-state index contributed by atoms with van der Waals surface area (Å²) in [5, 5.41) is 6.09. The fourth-order valence-electron chi connectivity index (χ4n) is 2.41. The molecular weight excluding hydrogens is 265 g/mol. The molecule has 0 aromatic heterocycles. The molecule has 6 heteroatoms. The zero-order valence-electron chi connectivity index (χ0n) is 13.1. The van der Waals surface area contributed by atoms with Crippen molar-refractivity contribution in [2.45, 2.75) is 31.7 Å². The van der Waals surface area contributed by atoms with Gasteiger partial charge >= 0.3 is 6.03 Å². The summed E-state index contributed by atoms with van der Waals surface area (Å²) < 4.78 is 0. The van der Waals surface area contributed by atoms with Gasteiger partial charge in [-0.25, -0.2) is 4.79 Å². The Morgan fingerprint density at radius 2 is 1.86 bits per heavy atom. The van der Waals surface area contributed by atoms with Crippen LogP contribution in [0.3, 0.4) is 0 Å². The lowest BCUT2D eigenvalue weighted by Crippen LogP contribution is -2.46. The Labute approximate surface area is 126 Å². The number of urea groups is 1. The number of carbonyl (C=O) groups is 2. The summed E-state index contributed by atoms with van der Waals surface area (Å²) in [6.45, 7) is 7.09. The van der Waals surface area contributed by atoms with Crippen LogP contribution in [0.15, 0.2) is 30.3 Å². The number of rotatable bonds is 4. The molecule has 1 saturated heterocycles. The lowest BCUT2D eigenvalue weighted by atomic mass is 9.72. The Morgan fingerprint density at radius 3 is 2.43 bits per heavy atom. The largest absolute Gasteiger partial charge is 0.327 e. The first-order chi connectivity index (χ1) is 9.74. The molecule has 0 radical (unpaired) electrons. The fraction of sp³-hybridized carbons (Fsp3) is 0.467. The van der Waals surface area contributed by atoms with Crippen molar-refractivity contribution in [3.63, 3.8) is 0 Å². The molecule has 1 atom stereocenters. The van der Waals surface area contributed by atoms with Crippen molar-refractivity contribution in [2.75, 3.05) is 13.1 Å². The van der Waals surface area contributed by atoms with Gasteiger partial charge < -0.3 is 10.6 Å². The van der Waals surface area contributed by atoms with Gasteiger partial charge in [-0.1, -0.05) is 30.3 Å². The molecular formula is C15H22BN3O2. The number of hydrogen-bond acceptors (Lipinski definition) is 3. The van der Waals surface area contributed by atoms with Crippen molar-refractivity contribution < 1.29 is 9.59 Å². The minimum absolute atomic E-state index is 0.0397. The normalized spacial score (nSPS) is 22.5. The van der Waals surface area contributed by atoms with Gasteiger partial charge in [-0.2, -0.15) is 0 Å². The van der Waals surface area contributed by atoms with Gasteiger partial charge in [-0.05, 0) is 26.3 Å². The minimum atomic E-state index is -0.972. The van der Waals surface area contributed by atoms with Gasteiger partial charge in [0.2, 0.25) is 0 Å². The summed E-state index contributed by atoms with van der Waals surface area (Å²) in [5.74, 6) is -0.200. The van der Waals surface area contributed by atoms with Crippen LogP contribution in [-0.2, 0) is 10.2 Å². The monoisotopic (exact) mass is 287 g/mol. The molecule has 0 bridgehead atoms. The Balaban J connectivity index is 2.10. The molecule has 0 aliphatic carbocycles. The topological polar surface area (TPSA) is 61.4 Å². The third-order valence-corrected chi connectivity index (χ3v) is 3.62. The summed E-state index contributed by atoms with van der Waals surface area (Å²) in [7, 11) is 1.75. The zero-order valence-corrected chi connectivity index (χ0v) is 13.1. The van der Waals surface area contributed by atoms with E-state index in [0.717, 1.165) is 5.56 Å². The van der Waals surface area contributed by atoms with Crippen molar-refractivity contribution in [1.29, 1.82) is 0 Å². The van der Waals surface area contributed by atoms with E-state index in [2.05, 4.69) is 10.6 Å². The Bertz CT molecular complexity index is 542. The van der Waals surface area contributed by atoms with E-state index in [1.807, 2.05) is 51.1 Å². The van der Waals surface area contributed by atoms with E-state index < -0.39 is 5.44 Å². The minimum Gasteiger partial charge on any atom is -0.327 e. The van der Waals surface area contributed by atoms with Crippen LogP contribution in [0.2, 0.25) is 0 Å². The maximum atomic E-state index is 12.6. The number of nitrogens with one attached hydrogen (secondary N) is 2. The molecule has 5 nitrogen and oxygen atoms in total. The Kier molecular flexibility index (Phi) is 4.09. The molecule has 21 heavy (non-hydrogen) atoms. The average Bonchev–Trinajstić information content (AvgIpc) is 2.63. The molecule has 1 aliphatic rings. The second-order valence-electron chi connectivity index (χ2n) is 6.55. The summed E-state index contributed by atoms with van der Waals surface area (Å²) in [6, 6.07) is 9.00. The standard InChI is InChI=1S/C15H22BN3O2/c1-14(2,3)17-9-10-19-12(20)15(16,18-13(19)21)11-7-5-4-6-8-11/h4-8,17H,9-10,16H2,1-3H3,(H,18,21). The van der Waals surface area contributed by atoms with Gasteiger partial charge in [0.25, 0.3) is 5.91 Å². The third kappa shape index (κ3) is 3.27. The predicted molar refractivity (Wildman–Crippen MR) is 84.7 cm³/mol. The van der Waals surface area contributed by atoms with E-state index in [-0.39, 0.29) is 17.5 Å². The van der Waals surface area contributed by atoms with Crippen LogP contribution in [-0.4, -0.2) is 43.3 Å². The van der Waals surface area contributed by atoms with Crippen molar-refractivity contribution >= 4 is 19.8 Å². The van der Waals surface area contributed by atoms with Crippen LogP contribution >= 0.6 is 0 Å². The number of benzene rings is 1. The van der Waals surface area contributed by atoms with Gasteiger partial charge in [0.15, 0.2) is 7.85 Å². The SMILES string of the molecule is BC1(c2ccccc2)NC(=O)N(CCNC(C)(C)C)C1=O. The van der Waals surface area contributed by atoms with Gasteiger partial charge in [0.1, 0.15) is 5.44 Å². The summed E-state index contributed by atoms with van der Waals surface area (Å²) in [6.07, 6.45) is 0. The Morgan fingerprint density at radius 1 is 1.24 bits per heavy atom. The van der Waals surface area contributed by atoms with E-state index in [1.165, 1.54) is 4.90 Å². The highest BCUT2D eigenvalue weighted by Gasteiger charge is 2.48. The number of amides is 3. The second kappa shape index (κ2) is 5.52. The van der Waals surface area contributed by atoms with Gasteiger partial charge in [0.05, 0.1) is 0 Å². The van der Waals surface area contributed by atoms with E-state index in [1.54, 1.807) is 7.85 Å². The maximum absolute atomic E-state index is 12.6. The van der Waals surface area contributed by atoms with Crippen molar-refractivity contribution in [3.8, 4) is 0 Å². The lowest BCUT2D eigenvalue weighted by molar-refractivity contribution is -0.128. The summed E-state index contributed by atoms with van der Waals surface area (Å²) >= 11 is 0. The highest BCUT2D eigenvalue weighted by molar-refractivity contribution is 6.33. The number of carbonyl (C=O) groups excluding carboxylic acids is 2. The molecule has 0 spiro atoms. The second-order valence-corrected chi connectivity index (χ2v) is 6.55. The first-order valence-corrected chi connectivity index (χ1v) is 7.19. The van der Waals surface area contributed by atoms with Gasteiger partial charge in [-0.15, -0.1) is 0 Å². The average molecular weight is 287 g/mol. The zero-order chi connectivity index (χ0) is 15.7. The quantitative estimate of drug-likeness (QED) is 0.623. The molecule has 1 unspecified atom stereocenters. The van der Waals surface area contributed by atoms with E-state index in [9.17, 15) is 9.59 Å². The van der Waals surface area contributed by atoms with Crippen LogP contribution in [0, 0.1) is 0 Å². The van der Waals surface area contributed by atoms with Gasteiger partial charge in [-0.3, -0.25) is 9.69 Å². The predicted octanol–water partition coefficient (Wildman–Crippen LogP) is 0.412. The molecule has 2 N–H and O–H groups in total. The highest BCUT2D eigenvalue weighted by Crippen LogP contribution is 2.25. The van der Waals surface area contributed by atoms with Crippen molar-refractivity contribution in [1.82, 2.24) is 15.5 Å². The van der Waals surface area contributed by atoms with E-state index in [0.29, 0.717) is 13.1 Å². The molecule has 1 aliphatic heterocycles. The summed E-state index contributed by atoms with van der Waals surface area (Å²) in [5.41, 5.74) is -0.211. The first-order valence-electron chi connectivity index (χ1n) is 7.19. The molecule has 112 valence electrons. The van der Waals surface area contributed by atoms with Crippen molar-refractivity contribution in [2.24, 2.45) is 0 Å². The molecule has 1 heterocycles. The fourth-order valence-corrected chi connectivity index (χ4v) is 2.41. The van der Waals surface area contributed by atoms with Crippen LogP contribution in [0.5, 0.6) is 0 Å². The van der Waals surface area contributed by atoms with Crippen LogP contribution in [0.4, 0.5) is 4.79 Å². The third-order valence-electron chi connectivity index (χ3n) is 3.62. The smallest absolute Gasteiger partial charge is 0.324 e. The number of hydrogen-bond donors (Lipinski definition) is 2. The van der Waals surface area contributed by atoms with Crippen LogP contribution < -0.4 is 10.6 Å². The lowest BCUT2D eigenvalue weighted by Gasteiger charge is -2.24. The molecule has 1 fully saturated rings. The number of imide groups is 1. The molecule has 2 rings (SSSR count). The molecule has 3 amide bonds. The van der Waals surface area contributed by atoms with Crippen molar-refractivity contribution in [3.05, 3.63) is 35.9 Å². The highest BCUT2D eigenvalue weighted by atomic mass is 16.2. The molecule has 0 saturated carbocycles. The van der Waals surface area contributed by atoms with Crippen LogP contribution in [0.25, 0.3) is 0 Å². The summed E-state index contributed by atoms with van der Waals surface area (Å²) in [4.78, 5) is 26.0. The van der Waals surface area contributed by atoms with E-state index in [4.69, 9.17) is 0 Å². The van der Waals surface area contributed by atoms with E-state index >= 15 is 0 Å². The van der Waals surface area contributed by atoms with Gasteiger partial charge in [0, 0.05) is 18.6 Å². The maximum Gasteiger partial charge on any atom is 0.324 e.